The molecule has 4 atom stereocenters. The van der Waals surface area contributed by atoms with E-state index < -0.39 is 5.82 Å². The van der Waals surface area contributed by atoms with Gasteiger partial charge in [-0.15, -0.1) is 0 Å². The van der Waals surface area contributed by atoms with E-state index in [0.29, 0.717) is 17.4 Å². The molecule has 0 amide bonds. The average molecular weight is 267 g/mol. The van der Waals surface area contributed by atoms with Gasteiger partial charge in [0.15, 0.2) is 0 Å². The number of nitrogens with one attached hydrogen (secondary N) is 1. The Morgan fingerprint density at radius 1 is 1.22 bits per heavy atom. The van der Waals surface area contributed by atoms with Crippen LogP contribution in [0.1, 0.15) is 19.3 Å². The van der Waals surface area contributed by atoms with Crippen LogP contribution in [0.3, 0.4) is 0 Å². The summed E-state index contributed by atoms with van der Waals surface area (Å²) in [4.78, 5) is 0. The molecule has 4 rings (SSSR count). The van der Waals surface area contributed by atoms with Crippen LogP contribution in [0.2, 0.25) is 5.02 Å². The Morgan fingerprint density at radius 2 is 1.89 bits per heavy atom. The molecule has 96 valence electrons. The van der Waals surface area contributed by atoms with Gasteiger partial charge in [0.05, 0.1) is 16.4 Å². The van der Waals surface area contributed by atoms with Crippen molar-refractivity contribution in [2.24, 2.45) is 23.7 Å². The lowest BCUT2D eigenvalue weighted by Gasteiger charge is -2.14. The van der Waals surface area contributed by atoms with E-state index in [0.717, 1.165) is 23.7 Å². The molecule has 3 N–H and O–H groups in total. The van der Waals surface area contributed by atoms with E-state index in [4.69, 9.17) is 17.3 Å². The molecule has 0 saturated heterocycles. The second-order valence-electron chi connectivity index (χ2n) is 6.01. The first kappa shape index (κ1) is 10.9. The van der Waals surface area contributed by atoms with Crippen LogP contribution in [0.5, 0.6) is 0 Å². The van der Waals surface area contributed by atoms with Crippen LogP contribution in [0.25, 0.3) is 0 Å². The van der Waals surface area contributed by atoms with E-state index in [1.807, 2.05) is 0 Å². The summed E-state index contributed by atoms with van der Waals surface area (Å²) in [6.07, 6.45) is 4.18. The van der Waals surface area contributed by atoms with Crippen LogP contribution in [0.4, 0.5) is 15.8 Å². The molecule has 3 aliphatic carbocycles. The number of fused-ring (bicyclic) bond motifs is 5. The first-order valence-electron chi connectivity index (χ1n) is 6.66. The third-order valence-corrected chi connectivity index (χ3v) is 5.44. The minimum atomic E-state index is -0.401. The fourth-order valence-electron chi connectivity index (χ4n) is 4.39. The molecule has 3 saturated carbocycles. The van der Waals surface area contributed by atoms with E-state index in [9.17, 15) is 4.39 Å². The van der Waals surface area contributed by atoms with Crippen molar-refractivity contribution < 1.29 is 4.39 Å². The van der Waals surface area contributed by atoms with E-state index >= 15 is 0 Å². The molecule has 0 aromatic heterocycles. The molecule has 1 aromatic carbocycles. The maximum absolute atomic E-state index is 13.5. The summed E-state index contributed by atoms with van der Waals surface area (Å²) >= 11 is 5.71. The smallest absolute Gasteiger partial charge is 0.143 e. The zero-order chi connectivity index (χ0) is 12.4. The summed E-state index contributed by atoms with van der Waals surface area (Å²) in [5.41, 5.74) is 7.13. The Balaban J connectivity index is 1.55. The number of anilines is 2. The Morgan fingerprint density at radius 3 is 2.56 bits per heavy atom. The molecule has 2 nitrogen and oxygen atoms in total. The lowest BCUT2D eigenvalue weighted by molar-refractivity contribution is 0.456. The third-order valence-electron chi connectivity index (χ3n) is 5.15. The monoisotopic (exact) mass is 266 g/mol. The molecule has 2 bridgehead atoms. The second-order valence-corrected chi connectivity index (χ2v) is 6.42. The highest BCUT2D eigenvalue weighted by Crippen LogP contribution is 2.66. The van der Waals surface area contributed by atoms with Gasteiger partial charge in [-0.3, -0.25) is 0 Å². The summed E-state index contributed by atoms with van der Waals surface area (Å²) in [7, 11) is 0. The topological polar surface area (TPSA) is 38.0 Å². The number of hydrogen-bond acceptors (Lipinski definition) is 2. The Hall–Kier alpha value is -0.960. The van der Waals surface area contributed by atoms with Crippen molar-refractivity contribution in [1.29, 1.82) is 0 Å². The van der Waals surface area contributed by atoms with Gasteiger partial charge in [0.1, 0.15) is 5.82 Å². The van der Waals surface area contributed by atoms with Crippen molar-refractivity contribution >= 4 is 23.0 Å². The van der Waals surface area contributed by atoms with E-state index in [2.05, 4.69) is 5.32 Å². The van der Waals surface area contributed by atoms with Crippen molar-refractivity contribution in [1.82, 2.24) is 0 Å². The summed E-state index contributed by atoms with van der Waals surface area (Å²) in [6, 6.07) is 3.43. The molecular weight excluding hydrogens is 251 g/mol. The van der Waals surface area contributed by atoms with Crippen molar-refractivity contribution in [2.45, 2.75) is 25.3 Å². The third kappa shape index (κ3) is 1.40. The molecule has 18 heavy (non-hydrogen) atoms. The minimum Gasteiger partial charge on any atom is -0.397 e. The Bertz CT molecular complexity index is 503. The largest absolute Gasteiger partial charge is 0.397 e. The molecular formula is C14H16ClFN2. The first-order chi connectivity index (χ1) is 8.65. The average Bonchev–Trinajstić information content (AvgIpc) is 2.72. The van der Waals surface area contributed by atoms with Crippen LogP contribution in [-0.2, 0) is 0 Å². The number of hydrogen-bond donors (Lipinski definition) is 2. The molecule has 0 spiro atoms. The summed E-state index contributed by atoms with van der Waals surface area (Å²) in [6.45, 7) is 0. The number of nitrogens with two attached hydrogens (primary N) is 1. The van der Waals surface area contributed by atoms with Crippen molar-refractivity contribution in [3.63, 3.8) is 0 Å². The zero-order valence-electron chi connectivity index (χ0n) is 10.00. The number of rotatable bonds is 2. The Labute approximate surface area is 111 Å². The molecule has 1 aromatic rings. The van der Waals surface area contributed by atoms with Gasteiger partial charge in [-0.05, 0) is 49.0 Å². The molecule has 4 unspecified atom stereocenters. The van der Waals surface area contributed by atoms with Gasteiger partial charge in [-0.25, -0.2) is 4.39 Å². The predicted molar refractivity (Wildman–Crippen MR) is 71.0 cm³/mol. The van der Waals surface area contributed by atoms with Gasteiger partial charge in [0.25, 0.3) is 0 Å². The zero-order valence-corrected chi connectivity index (χ0v) is 10.8. The number of benzene rings is 1. The van der Waals surface area contributed by atoms with Gasteiger partial charge in [0, 0.05) is 12.1 Å². The van der Waals surface area contributed by atoms with Crippen molar-refractivity contribution in [2.75, 3.05) is 11.1 Å². The van der Waals surface area contributed by atoms with Crippen molar-refractivity contribution in [3.05, 3.63) is 23.0 Å². The fourth-order valence-corrected chi connectivity index (χ4v) is 4.56. The SMILES string of the molecule is Nc1cc(Cl)c(F)cc1NC1C2C3CCC(C3)C12. The minimum absolute atomic E-state index is 0.0918. The van der Waals surface area contributed by atoms with Crippen LogP contribution >= 0.6 is 11.6 Å². The van der Waals surface area contributed by atoms with Gasteiger partial charge in [-0.2, -0.15) is 0 Å². The molecule has 0 heterocycles. The highest BCUT2D eigenvalue weighted by molar-refractivity contribution is 6.31. The second kappa shape index (κ2) is 3.53. The predicted octanol–water partition coefficient (Wildman–Crippen LogP) is 3.52. The van der Waals surface area contributed by atoms with Crippen LogP contribution in [-0.4, -0.2) is 6.04 Å². The standard InChI is InChI=1S/C14H16ClFN2/c15-8-4-10(17)11(5-9(8)16)18-14-12-6-1-2-7(3-6)13(12)14/h4-7,12-14,18H,1-3,17H2. The molecule has 0 radical (unpaired) electrons. The first-order valence-corrected chi connectivity index (χ1v) is 7.04. The Kier molecular flexibility index (Phi) is 2.14. The van der Waals surface area contributed by atoms with Crippen LogP contribution in [0.15, 0.2) is 12.1 Å². The molecule has 0 aliphatic heterocycles. The van der Waals surface area contributed by atoms with Crippen LogP contribution in [0, 0.1) is 29.5 Å². The molecule has 3 aliphatic rings. The molecule has 4 heteroatoms. The quantitative estimate of drug-likeness (QED) is 0.804. The maximum Gasteiger partial charge on any atom is 0.143 e. The number of halogens is 2. The number of nitrogen functional groups attached to an aromatic ring is 1. The lowest BCUT2D eigenvalue weighted by atomic mass is 10.0. The fraction of sp³-hybridized carbons (Fsp3) is 0.571. The van der Waals surface area contributed by atoms with E-state index in [-0.39, 0.29) is 5.02 Å². The van der Waals surface area contributed by atoms with Gasteiger partial charge >= 0.3 is 0 Å². The van der Waals surface area contributed by atoms with E-state index in [1.165, 1.54) is 31.4 Å². The van der Waals surface area contributed by atoms with Crippen molar-refractivity contribution in [3.8, 4) is 0 Å². The van der Waals surface area contributed by atoms with Crippen LogP contribution < -0.4 is 11.1 Å². The summed E-state index contributed by atoms with van der Waals surface area (Å²) < 4.78 is 13.5. The van der Waals surface area contributed by atoms with E-state index in [1.54, 1.807) is 0 Å². The normalized spacial score (nSPS) is 39.8. The highest BCUT2D eigenvalue weighted by Gasteiger charge is 2.65. The summed E-state index contributed by atoms with van der Waals surface area (Å²) in [5, 5.41) is 3.52. The maximum atomic E-state index is 13.5. The van der Waals surface area contributed by atoms with Gasteiger partial charge in [0.2, 0.25) is 0 Å². The van der Waals surface area contributed by atoms with Gasteiger partial charge in [-0.1, -0.05) is 11.6 Å². The lowest BCUT2D eigenvalue weighted by Crippen LogP contribution is -2.14. The molecule has 3 fully saturated rings. The van der Waals surface area contributed by atoms with Gasteiger partial charge < -0.3 is 11.1 Å². The highest BCUT2D eigenvalue weighted by atomic mass is 35.5. The summed E-state index contributed by atoms with van der Waals surface area (Å²) in [5.74, 6) is 3.01.